The van der Waals surface area contributed by atoms with E-state index in [1.54, 1.807) is 6.92 Å². The van der Waals surface area contributed by atoms with Crippen molar-refractivity contribution in [2.75, 3.05) is 0 Å². The van der Waals surface area contributed by atoms with E-state index in [1.165, 1.54) is 18.4 Å². The molecule has 0 saturated heterocycles. The van der Waals surface area contributed by atoms with Gasteiger partial charge in [0.05, 0.1) is 0 Å². The molecular formula is C14H22O. The van der Waals surface area contributed by atoms with Gasteiger partial charge in [-0.05, 0) is 38.5 Å². The Labute approximate surface area is 92.9 Å². The van der Waals surface area contributed by atoms with Gasteiger partial charge in [-0.25, -0.2) is 0 Å². The Balaban J connectivity index is 2.48. The Morgan fingerprint density at radius 2 is 1.93 bits per heavy atom. The fourth-order valence-electron chi connectivity index (χ4n) is 4.04. The maximum Gasteiger partial charge on any atom is 0.136 e. The third-order valence-corrected chi connectivity index (χ3v) is 5.26. The van der Waals surface area contributed by atoms with Crippen molar-refractivity contribution in [1.29, 1.82) is 0 Å². The summed E-state index contributed by atoms with van der Waals surface area (Å²) in [6, 6.07) is 0. The van der Waals surface area contributed by atoms with Gasteiger partial charge in [-0.3, -0.25) is 4.79 Å². The topological polar surface area (TPSA) is 17.1 Å². The van der Waals surface area contributed by atoms with Gasteiger partial charge in [0.25, 0.3) is 0 Å². The average Bonchev–Trinajstić information content (AvgIpc) is 2.73. The van der Waals surface area contributed by atoms with Crippen molar-refractivity contribution in [2.24, 2.45) is 16.2 Å². The van der Waals surface area contributed by atoms with E-state index < -0.39 is 0 Å². The van der Waals surface area contributed by atoms with Crippen molar-refractivity contribution in [2.45, 2.75) is 53.9 Å². The zero-order valence-corrected chi connectivity index (χ0v) is 10.6. The summed E-state index contributed by atoms with van der Waals surface area (Å²) >= 11 is 0. The smallest absolute Gasteiger partial charge is 0.136 e. The number of carbonyl (C=O) groups is 1. The molecule has 1 spiro atoms. The predicted octanol–water partition coefficient (Wildman–Crippen LogP) is 3.74. The summed E-state index contributed by atoms with van der Waals surface area (Å²) in [4.78, 5) is 11.8. The first-order valence-corrected chi connectivity index (χ1v) is 5.96. The molecule has 0 aromatic carbocycles. The van der Waals surface area contributed by atoms with Gasteiger partial charge in [-0.1, -0.05) is 32.4 Å². The Kier molecular flexibility index (Phi) is 2.00. The summed E-state index contributed by atoms with van der Waals surface area (Å²) in [5.74, 6) is 0.366. The summed E-state index contributed by atoms with van der Waals surface area (Å²) < 4.78 is 0. The largest absolute Gasteiger partial charge is 0.299 e. The van der Waals surface area contributed by atoms with Crippen molar-refractivity contribution >= 4 is 5.78 Å². The van der Waals surface area contributed by atoms with Crippen LogP contribution in [0.5, 0.6) is 0 Å². The van der Waals surface area contributed by atoms with Crippen molar-refractivity contribution < 1.29 is 4.79 Å². The van der Waals surface area contributed by atoms with E-state index in [4.69, 9.17) is 0 Å². The average molecular weight is 206 g/mol. The first kappa shape index (κ1) is 10.9. The first-order chi connectivity index (χ1) is 6.78. The monoisotopic (exact) mass is 206 g/mol. The van der Waals surface area contributed by atoms with Gasteiger partial charge in [0, 0.05) is 10.8 Å². The number of allylic oxidation sites excluding steroid dienone is 2. The van der Waals surface area contributed by atoms with E-state index in [9.17, 15) is 4.79 Å². The van der Waals surface area contributed by atoms with Crippen LogP contribution in [0.4, 0.5) is 0 Å². The van der Waals surface area contributed by atoms with Crippen LogP contribution in [0.15, 0.2) is 11.6 Å². The Hall–Kier alpha value is -0.590. The Morgan fingerprint density at radius 3 is 2.33 bits per heavy atom. The third-order valence-electron chi connectivity index (χ3n) is 5.26. The molecule has 2 atom stereocenters. The van der Waals surface area contributed by atoms with Crippen LogP contribution in [-0.2, 0) is 4.79 Å². The standard InChI is InChI=1S/C14H22O/c1-10-7-6-8-12(3,4)14(10)9-13(14,5)11(2)15/h7H,6,8-9H2,1-5H3. The lowest BCUT2D eigenvalue weighted by Crippen LogP contribution is -2.36. The van der Waals surface area contributed by atoms with Crippen molar-refractivity contribution in [3.05, 3.63) is 11.6 Å². The molecule has 1 heteroatoms. The molecule has 0 aromatic heterocycles. The molecule has 2 aliphatic rings. The molecule has 15 heavy (non-hydrogen) atoms. The minimum atomic E-state index is -0.0858. The fourth-order valence-corrected chi connectivity index (χ4v) is 4.04. The molecule has 0 aliphatic heterocycles. The van der Waals surface area contributed by atoms with Gasteiger partial charge in [-0.15, -0.1) is 0 Å². The SMILES string of the molecule is CC(=O)C1(C)CC12C(C)=CCCC2(C)C. The maximum atomic E-state index is 11.8. The van der Waals surface area contributed by atoms with Crippen LogP contribution < -0.4 is 0 Å². The summed E-state index contributed by atoms with van der Waals surface area (Å²) in [6.07, 6.45) is 5.80. The first-order valence-electron chi connectivity index (χ1n) is 5.96. The molecule has 2 rings (SSSR count). The predicted molar refractivity (Wildman–Crippen MR) is 62.6 cm³/mol. The van der Waals surface area contributed by atoms with E-state index in [1.807, 2.05) is 0 Å². The summed E-state index contributed by atoms with van der Waals surface area (Å²) in [5, 5.41) is 0. The molecular weight excluding hydrogens is 184 g/mol. The summed E-state index contributed by atoms with van der Waals surface area (Å²) in [7, 11) is 0. The van der Waals surface area contributed by atoms with Gasteiger partial charge >= 0.3 is 0 Å². The maximum absolute atomic E-state index is 11.8. The molecule has 84 valence electrons. The van der Waals surface area contributed by atoms with Gasteiger partial charge in [0.1, 0.15) is 5.78 Å². The minimum absolute atomic E-state index is 0.0858. The van der Waals surface area contributed by atoms with E-state index in [2.05, 4.69) is 33.8 Å². The number of carbonyl (C=O) groups excluding carboxylic acids is 1. The third kappa shape index (κ3) is 1.07. The van der Waals surface area contributed by atoms with Crippen molar-refractivity contribution in [3.8, 4) is 0 Å². The summed E-state index contributed by atoms with van der Waals surface area (Å²) in [6.45, 7) is 10.8. The van der Waals surface area contributed by atoms with Crippen LogP contribution in [0.3, 0.4) is 0 Å². The Bertz CT molecular complexity index is 350. The molecule has 0 radical (unpaired) electrons. The highest BCUT2D eigenvalue weighted by Crippen LogP contribution is 2.77. The lowest BCUT2D eigenvalue weighted by Gasteiger charge is -2.42. The number of Topliss-reactive ketones (excluding diaryl/α,β-unsaturated/α-hetero) is 1. The second-order valence-electron chi connectivity index (χ2n) is 6.28. The highest BCUT2D eigenvalue weighted by Gasteiger charge is 2.73. The van der Waals surface area contributed by atoms with Crippen LogP contribution in [0.1, 0.15) is 53.9 Å². The molecule has 1 fully saturated rings. The molecule has 1 saturated carbocycles. The molecule has 0 amide bonds. The second kappa shape index (κ2) is 2.75. The molecule has 2 aliphatic carbocycles. The van der Waals surface area contributed by atoms with Gasteiger partial charge < -0.3 is 0 Å². The molecule has 0 N–H and O–H groups in total. The Morgan fingerprint density at radius 1 is 1.33 bits per heavy atom. The van der Waals surface area contributed by atoms with Gasteiger partial charge in [0.2, 0.25) is 0 Å². The van der Waals surface area contributed by atoms with Gasteiger partial charge in [-0.2, -0.15) is 0 Å². The molecule has 2 unspecified atom stereocenters. The fraction of sp³-hybridized carbons (Fsp3) is 0.786. The van der Waals surface area contributed by atoms with Crippen LogP contribution in [0, 0.1) is 16.2 Å². The van der Waals surface area contributed by atoms with E-state index in [0.29, 0.717) is 5.78 Å². The molecule has 0 bridgehead atoms. The van der Waals surface area contributed by atoms with E-state index >= 15 is 0 Å². The molecule has 0 aromatic rings. The zero-order valence-electron chi connectivity index (χ0n) is 10.6. The lowest BCUT2D eigenvalue weighted by molar-refractivity contribution is -0.123. The molecule has 1 nitrogen and oxygen atoms in total. The quantitative estimate of drug-likeness (QED) is 0.597. The second-order valence-corrected chi connectivity index (χ2v) is 6.28. The van der Waals surface area contributed by atoms with Crippen molar-refractivity contribution in [3.63, 3.8) is 0 Å². The lowest BCUT2D eigenvalue weighted by atomic mass is 9.62. The normalized spacial score (nSPS) is 42.6. The number of hydrogen-bond donors (Lipinski definition) is 0. The zero-order chi connectivity index (χ0) is 11.5. The van der Waals surface area contributed by atoms with E-state index in [0.717, 1.165) is 6.42 Å². The van der Waals surface area contributed by atoms with Crippen LogP contribution >= 0.6 is 0 Å². The minimum Gasteiger partial charge on any atom is -0.299 e. The number of ketones is 1. The highest BCUT2D eigenvalue weighted by molar-refractivity contribution is 5.87. The molecule has 0 heterocycles. The summed E-state index contributed by atoms with van der Waals surface area (Å²) in [5.41, 5.74) is 1.82. The van der Waals surface area contributed by atoms with E-state index in [-0.39, 0.29) is 16.2 Å². The number of rotatable bonds is 1. The van der Waals surface area contributed by atoms with Crippen LogP contribution in [0.2, 0.25) is 0 Å². The van der Waals surface area contributed by atoms with Crippen LogP contribution in [0.25, 0.3) is 0 Å². The van der Waals surface area contributed by atoms with Crippen molar-refractivity contribution in [1.82, 2.24) is 0 Å². The van der Waals surface area contributed by atoms with Gasteiger partial charge in [0.15, 0.2) is 0 Å². The number of hydrogen-bond acceptors (Lipinski definition) is 1. The van der Waals surface area contributed by atoms with Crippen LogP contribution in [-0.4, -0.2) is 5.78 Å². The highest BCUT2D eigenvalue weighted by atomic mass is 16.1.